The summed E-state index contributed by atoms with van der Waals surface area (Å²) in [6.07, 6.45) is 8.53. The van der Waals surface area contributed by atoms with E-state index >= 15 is 0 Å². The zero-order valence-electron chi connectivity index (χ0n) is 15.1. The van der Waals surface area contributed by atoms with Gasteiger partial charge in [0.05, 0.1) is 9.88 Å². The Balaban J connectivity index is 1.73. The lowest BCUT2D eigenvalue weighted by Gasteiger charge is -2.41. The minimum Gasteiger partial charge on any atom is -0.459 e. The van der Waals surface area contributed by atoms with Gasteiger partial charge < -0.3 is 20.1 Å². The fourth-order valence-corrected chi connectivity index (χ4v) is 4.87. The number of aliphatic hydroxyl groups excluding tert-OH is 1. The first-order valence-corrected chi connectivity index (χ1v) is 9.96. The molecule has 2 atom stereocenters. The summed E-state index contributed by atoms with van der Waals surface area (Å²) in [5, 5.41) is 14.8. The van der Waals surface area contributed by atoms with Crippen LogP contribution in [0, 0.1) is 0 Å². The molecule has 6 nitrogen and oxygen atoms in total. The normalized spacial score (nSPS) is 27.4. The molecule has 4 rings (SSSR count). The molecule has 1 aliphatic carbocycles. The average Bonchev–Trinajstić information content (AvgIpc) is 3.14. The summed E-state index contributed by atoms with van der Waals surface area (Å²) in [5.74, 6) is -0.151. The molecule has 0 bridgehead atoms. The molecule has 0 saturated carbocycles. The van der Waals surface area contributed by atoms with Gasteiger partial charge in [0.25, 0.3) is 0 Å². The number of thiophene rings is 1. The van der Waals surface area contributed by atoms with Crippen LogP contribution in [0.2, 0.25) is 0 Å². The van der Waals surface area contributed by atoms with Gasteiger partial charge in [-0.05, 0) is 49.6 Å². The Labute approximate surface area is 161 Å². The Morgan fingerprint density at radius 3 is 2.81 bits per heavy atom. The molecular formula is C20H22N2O4S. The zero-order chi connectivity index (χ0) is 19.0. The van der Waals surface area contributed by atoms with E-state index in [9.17, 15) is 14.7 Å². The van der Waals surface area contributed by atoms with Gasteiger partial charge in [0.1, 0.15) is 11.9 Å². The topological polar surface area (TPSA) is 78.9 Å². The molecule has 27 heavy (non-hydrogen) atoms. The number of amides is 1. The first-order valence-electron chi connectivity index (χ1n) is 9.15. The number of nitrogens with one attached hydrogen (secondary N) is 1. The van der Waals surface area contributed by atoms with Crippen molar-refractivity contribution in [1.29, 1.82) is 0 Å². The molecule has 0 radical (unpaired) electrons. The minimum absolute atomic E-state index is 0.185. The van der Waals surface area contributed by atoms with Gasteiger partial charge in [-0.15, -0.1) is 11.3 Å². The highest BCUT2D eigenvalue weighted by Crippen LogP contribution is 2.43. The van der Waals surface area contributed by atoms with Gasteiger partial charge >= 0.3 is 0 Å². The number of piperidine rings is 1. The summed E-state index contributed by atoms with van der Waals surface area (Å²) in [5.41, 5.74) is -0.804. The number of aliphatic hydroxyl groups is 1. The Kier molecular flexibility index (Phi) is 4.65. The van der Waals surface area contributed by atoms with Crippen LogP contribution < -0.4 is 10.2 Å². The molecule has 0 aromatic carbocycles. The third-order valence-corrected chi connectivity index (χ3v) is 6.26. The predicted octanol–water partition coefficient (Wildman–Crippen LogP) is 2.37. The number of hydrogen-bond donors (Lipinski definition) is 2. The van der Waals surface area contributed by atoms with Crippen molar-refractivity contribution >= 4 is 28.0 Å². The number of anilines is 1. The van der Waals surface area contributed by atoms with E-state index in [1.807, 2.05) is 12.1 Å². The first kappa shape index (κ1) is 18.0. The Morgan fingerprint density at radius 2 is 2.07 bits per heavy atom. The minimum atomic E-state index is -1.44. The second-order valence-electron chi connectivity index (χ2n) is 7.02. The smallest absolute Gasteiger partial charge is 0.248 e. The van der Waals surface area contributed by atoms with E-state index in [0.717, 1.165) is 30.9 Å². The third-order valence-electron chi connectivity index (χ3n) is 5.00. The van der Waals surface area contributed by atoms with Crippen molar-refractivity contribution < 1.29 is 19.4 Å². The summed E-state index contributed by atoms with van der Waals surface area (Å²) in [7, 11) is 0. The standard InChI is InChI=1S/C20H22N2O4S/c1-13(23)21-20(17(25)11-14-5-6-15(24)12-16(14)26-20)18-7-8-19(27-18)22-9-3-2-4-10-22/h5-8,11-12,17,25H,2-4,9-10H2,1H3,(H,21,23). The lowest BCUT2D eigenvalue weighted by atomic mass is 9.94. The van der Waals surface area contributed by atoms with Gasteiger partial charge in [-0.3, -0.25) is 9.59 Å². The number of ether oxygens (including phenoxy) is 1. The van der Waals surface area contributed by atoms with Crippen LogP contribution in [0.4, 0.5) is 5.00 Å². The lowest BCUT2D eigenvalue weighted by molar-refractivity contribution is -0.142. The number of rotatable bonds is 3. The number of allylic oxidation sites excluding steroid dienone is 3. The second-order valence-corrected chi connectivity index (χ2v) is 8.08. The van der Waals surface area contributed by atoms with E-state index < -0.39 is 11.8 Å². The fraction of sp³-hybridized carbons (Fsp3) is 0.400. The van der Waals surface area contributed by atoms with E-state index in [1.54, 1.807) is 12.2 Å². The molecule has 3 heterocycles. The molecule has 1 fully saturated rings. The number of ketones is 1. The molecule has 142 valence electrons. The molecule has 2 unspecified atom stereocenters. The fourth-order valence-electron chi connectivity index (χ4n) is 3.69. The van der Waals surface area contributed by atoms with Crippen LogP contribution in [-0.4, -0.2) is 36.0 Å². The number of hydrogen-bond acceptors (Lipinski definition) is 6. The molecule has 7 heteroatoms. The average molecular weight is 386 g/mol. The monoisotopic (exact) mass is 386 g/mol. The summed E-state index contributed by atoms with van der Waals surface area (Å²) in [4.78, 5) is 26.7. The van der Waals surface area contributed by atoms with Crippen LogP contribution in [0.5, 0.6) is 0 Å². The maximum absolute atomic E-state index is 11.9. The van der Waals surface area contributed by atoms with Gasteiger partial charge in [0.15, 0.2) is 5.78 Å². The first-order chi connectivity index (χ1) is 13.0. The molecule has 2 aliphatic heterocycles. The largest absolute Gasteiger partial charge is 0.459 e. The number of nitrogens with zero attached hydrogens (tertiary/aromatic N) is 1. The summed E-state index contributed by atoms with van der Waals surface area (Å²) in [6, 6.07) is 3.89. The van der Waals surface area contributed by atoms with Crippen molar-refractivity contribution in [2.75, 3.05) is 18.0 Å². The highest BCUT2D eigenvalue weighted by molar-refractivity contribution is 7.16. The second kappa shape index (κ2) is 6.98. The number of fused-ring (bicyclic) bond motifs is 1. The van der Waals surface area contributed by atoms with Crippen molar-refractivity contribution in [1.82, 2.24) is 5.32 Å². The van der Waals surface area contributed by atoms with Crippen LogP contribution in [-0.2, 0) is 20.1 Å². The zero-order valence-corrected chi connectivity index (χ0v) is 15.9. The lowest BCUT2D eigenvalue weighted by Crippen LogP contribution is -2.56. The van der Waals surface area contributed by atoms with Gasteiger partial charge in [-0.1, -0.05) is 0 Å². The van der Waals surface area contributed by atoms with E-state index in [0.29, 0.717) is 16.2 Å². The maximum atomic E-state index is 11.9. The number of carbonyl (C=O) groups excluding carboxylic acids is 2. The summed E-state index contributed by atoms with van der Waals surface area (Å²) >= 11 is 1.50. The van der Waals surface area contributed by atoms with Gasteiger partial charge in [0.2, 0.25) is 11.6 Å². The van der Waals surface area contributed by atoms with Crippen molar-refractivity contribution in [2.24, 2.45) is 0 Å². The Morgan fingerprint density at radius 1 is 1.30 bits per heavy atom. The van der Waals surface area contributed by atoms with Gasteiger partial charge in [-0.25, -0.2) is 0 Å². The van der Waals surface area contributed by atoms with Crippen molar-refractivity contribution in [3.63, 3.8) is 0 Å². The molecule has 1 aromatic heterocycles. The van der Waals surface area contributed by atoms with Crippen LogP contribution in [0.1, 0.15) is 31.1 Å². The van der Waals surface area contributed by atoms with Gasteiger partial charge in [0, 0.05) is 31.7 Å². The third kappa shape index (κ3) is 3.33. The predicted molar refractivity (Wildman–Crippen MR) is 103 cm³/mol. The van der Waals surface area contributed by atoms with Gasteiger partial charge in [-0.2, -0.15) is 0 Å². The van der Waals surface area contributed by atoms with Crippen molar-refractivity contribution in [2.45, 2.75) is 38.0 Å². The summed E-state index contributed by atoms with van der Waals surface area (Å²) in [6.45, 7) is 3.40. The molecule has 2 N–H and O–H groups in total. The molecule has 1 saturated heterocycles. The highest BCUT2D eigenvalue weighted by atomic mass is 32.1. The Hall–Kier alpha value is -2.38. The summed E-state index contributed by atoms with van der Waals surface area (Å²) < 4.78 is 6.09. The van der Waals surface area contributed by atoms with Crippen LogP contribution in [0.15, 0.2) is 47.8 Å². The van der Waals surface area contributed by atoms with E-state index in [4.69, 9.17) is 4.74 Å². The van der Waals surface area contributed by atoms with Crippen molar-refractivity contribution in [3.05, 3.63) is 52.6 Å². The highest BCUT2D eigenvalue weighted by Gasteiger charge is 2.47. The molecule has 3 aliphatic rings. The molecule has 1 aromatic rings. The van der Waals surface area contributed by atoms with E-state index in [1.165, 1.54) is 36.8 Å². The molecule has 1 amide bonds. The molecular weight excluding hydrogens is 364 g/mol. The van der Waals surface area contributed by atoms with Crippen LogP contribution >= 0.6 is 11.3 Å². The molecule has 0 spiro atoms. The van der Waals surface area contributed by atoms with E-state index in [-0.39, 0.29) is 11.7 Å². The van der Waals surface area contributed by atoms with Crippen LogP contribution in [0.3, 0.4) is 0 Å². The SMILES string of the molecule is CC(=O)NC1(c2ccc(N3CCCCC3)s2)OC2=CC(=O)C=CC2=CC1O. The van der Waals surface area contributed by atoms with E-state index in [2.05, 4.69) is 10.2 Å². The quantitative estimate of drug-likeness (QED) is 0.834. The Bertz CT molecular complexity index is 863. The maximum Gasteiger partial charge on any atom is 0.248 e. The van der Waals surface area contributed by atoms with Crippen LogP contribution in [0.25, 0.3) is 0 Å². The number of carbonyl (C=O) groups is 2. The van der Waals surface area contributed by atoms with Crippen molar-refractivity contribution in [3.8, 4) is 0 Å².